The fourth-order valence-corrected chi connectivity index (χ4v) is 2.60. The normalized spacial score (nSPS) is 16.2. The van der Waals surface area contributed by atoms with E-state index in [1.807, 2.05) is 0 Å². The van der Waals surface area contributed by atoms with Gasteiger partial charge in [-0.2, -0.15) is 0 Å². The Morgan fingerprint density at radius 3 is 2.75 bits per heavy atom. The first-order valence-electron chi connectivity index (χ1n) is 8.42. The van der Waals surface area contributed by atoms with E-state index in [1.165, 1.54) is 5.56 Å². The highest BCUT2D eigenvalue weighted by Gasteiger charge is 2.21. The average molecular weight is 447 g/mol. The van der Waals surface area contributed by atoms with Crippen LogP contribution in [0.2, 0.25) is 0 Å². The fraction of sp³-hybridized carbons (Fsp3) is 0.611. The molecule has 0 aromatic heterocycles. The molecule has 0 bridgehead atoms. The summed E-state index contributed by atoms with van der Waals surface area (Å²) in [6.45, 7) is 10.8. The summed E-state index contributed by atoms with van der Waals surface area (Å²) in [5.41, 5.74) is 2.26. The van der Waals surface area contributed by atoms with Crippen LogP contribution in [0.15, 0.2) is 17.1 Å². The van der Waals surface area contributed by atoms with E-state index in [0.29, 0.717) is 12.5 Å². The standard InChI is InChI=1S/C18H29N3O2.HI/c1-6-19-18(20-10-12(2)3)21-11-15-9-17-14(7-13(4)23-17)8-16(15)22-5;/h8-9,12-13H,6-7,10-11H2,1-5H3,(H2,19,20,21);1H. The molecule has 1 aromatic rings. The Morgan fingerprint density at radius 1 is 1.38 bits per heavy atom. The molecule has 0 saturated carbocycles. The van der Waals surface area contributed by atoms with Crippen molar-refractivity contribution < 1.29 is 9.47 Å². The van der Waals surface area contributed by atoms with Crippen molar-refractivity contribution in [3.05, 3.63) is 23.3 Å². The molecule has 0 aliphatic carbocycles. The van der Waals surface area contributed by atoms with Gasteiger partial charge in [-0.1, -0.05) is 13.8 Å². The zero-order chi connectivity index (χ0) is 16.8. The number of halogens is 1. The lowest BCUT2D eigenvalue weighted by atomic mass is 10.1. The van der Waals surface area contributed by atoms with Crippen molar-refractivity contribution in [2.75, 3.05) is 20.2 Å². The molecule has 1 heterocycles. The fourth-order valence-electron chi connectivity index (χ4n) is 2.60. The van der Waals surface area contributed by atoms with Crippen LogP contribution in [-0.2, 0) is 13.0 Å². The predicted molar refractivity (Wildman–Crippen MR) is 110 cm³/mol. The molecule has 2 rings (SSSR count). The van der Waals surface area contributed by atoms with Crippen LogP contribution >= 0.6 is 24.0 Å². The number of hydrogen-bond donors (Lipinski definition) is 2. The Hall–Kier alpha value is -1.18. The number of ether oxygens (including phenoxy) is 2. The highest BCUT2D eigenvalue weighted by molar-refractivity contribution is 14.0. The summed E-state index contributed by atoms with van der Waals surface area (Å²) < 4.78 is 11.4. The molecule has 24 heavy (non-hydrogen) atoms. The molecule has 1 aliphatic rings. The molecule has 0 fully saturated rings. The summed E-state index contributed by atoms with van der Waals surface area (Å²) in [7, 11) is 1.70. The lowest BCUT2D eigenvalue weighted by Crippen LogP contribution is -2.39. The third kappa shape index (κ3) is 5.72. The van der Waals surface area contributed by atoms with Gasteiger partial charge in [0.25, 0.3) is 0 Å². The molecule has 0 amide bonds. The topological polar surface area (TPSA) is 54.9 Å². The van der Waals surface area contributed by atoms with Gasteiger partial charge in [0.1, 0.15) is 17.6 Å². The summed E-state index contributed by atoms with van der Waals surface area (Å²) in [5, 5.41) is 6.63. The van der Waals surface area contributed by atoms with E-state index < -0.39 is 0 Å². The van der Waals surface area contributed by atoms with Gasteiger partial charge in [0, 0.05) is 30.6 Å². The van der Waals surface area contributed by atoms with Gasteiger partial charge in [-0.25, -0.2) is 4.99 Å². The molecule has 0 spiro atoms. The number of aliphatic imine (C=N–C) groups is 1. The van der Waals surface area contributed by atoms with Crippen molar-refractivity contribution in [3.8, 4) is 11.5 Å². The SMILES string of the molecule is CCNC(=NCc1cc2c(cc1OC)CC(C)O2)NCC(C)C.I. The summed E-state index contributed by atoms with van der Waals surface area (Å²) in [6.07, 6.45) is 1.17. The van der Waals surface area contributed by atoms with Gasteiger partial charge >= 0.3 is 0 Å². The van der Waals surface area contributed by atoms with Crippen LogP contribution < -0.4 is 20.1 Å². The molecule has 1 aliphatic heterocycles. The van der Waals surface area contributed by atoms with E-state index in [2.05, 4.69) is 55.5 Å². The van der Waals surface area contributed by atoms with Crippen LogP contribution in [0, 0.1) is 5.92 Å². The van der Waals surface area contributed by atoms with E-state index >= 15 is 0 Å². The van der Waals surface area contributed by atoms with Gasteiger partial charge in [0.2, 0.25) is 0 Å². The quantitative estimate of drug-likeness (QED) is 0.399. The number of nitrogens with one attached hydrogen (secondary N) is 2. The summed E-state index contributed by atoms with van der Waals surface area (Å²) in [6, 6.07) is 4.14. The number of nitrogens with zero attached hydrogens (tertiary/aromatic N) is 1. The highest BCUT2D eigenvalue weighted by atomic mass is 127. The maximum absolute atomic E-state index is 5.84. The van der Waals surface area contributed by atoms with Gasteiger partial charge in [-0.3, -0.25) is 0 Å². The number of methoxy groups -OCH3 is 1. The lowest BCUT2D eigenvalue weighted by molar-refractivity contribution is 0.254. The third-order valence-electron chi connectivity index (χ3n) is 3.73. The van der Waals surface area contributed by atoms with Crippen LogP contribution in [0.5, 0.6) is 11.5 Å². The van der Waals surface area contributed by atoms with Gasteiger partial charge in [-0.15, -0.1) is 24.0 Å². The first kappa shape index (κ1) is 20.9. The van der Waals surface area contributed by atoms with Crippen LogP contribution in [0.4, 0.5) is 0 Å². The zero-order valence-electron chi connectivity index (χ0n) is 15.3. The van der Waals surface area contributed by atoms with E-state index in [9.17, 15) is 0 Å². The van der Waals surface area contributed by atoms with Crippen molar-refractivity contribution >= 4 is 29.9 Å². The van der Waals surface area contributed by atoms with E-state index in [4.69, 9.17) is 9.47 Å². The van der Waals surface area contributed by atoms with Crippen molar-refractivity contribution in [1.82, 2.24) is 10.6 Å². The molecule has 0 radical (unpaired) electrons. The Morgan fingerprint density at radius 2 is 2.12 bits per heavy atom. The van der Waals surface area contributed by atoms with Crippen molar-refractivity contribution in [2.45, 2.75) is 46.8 Å². The molecule has 1 aromatic carbocycles. The zero-order valence-corrected chi connectivity index (χ0v) is 17.6. The smallest absolute Gasteiger partial charge is 0.191 e. The second-order valence-electron chi connectivity index (χ2n) is 6.37. The molecule has 1 atom stereocenters. The molecule has 6 heteroatoms. The van der Waals surface area contributed by atoms with Crippen molar-refractivity contribution in [1.29, 1.82) is 0 Å². The largest absolute Gasteiger partial charge is 0.496 e. The minimum absolute atomic E-state index is 0. The van der Waals surface area contributed by atoms with E-state index in [-0.39, 0.29) is 30.1 Å². The summed E-state index contributed by atoms with van der Waals surface area (Å²) >= 11 is 0. The Kier molecular flexibility index (Phi) is 8.66. The monoisotopic (exact) mass is 447 g/mol. The number of guanidine groups is 1. The van der Waals surface area contributed by atoms with Gasteiger partial charge in [-0.05, 0) is 31.9 Å². The molecular weight excluding hydrogens is 417 g/mol. The molecule has 0 saturated heterocycles. The number of hydrogen-bond acceptors (Lipinski definition) is 3. The number of benzene rings is 1. The molecule has 5 nitrogen and oxygen atoms in total. The molecule has 1 unspecified atom stereocenters. The number of fused-ring (bicyclic) bond motifs is 1. The molecule has 136 valence electrons. The van der Waals surface area contributed by atoms with Gasteiger partial charge in [0.05, 0.1) is 13.7 Å². The first-order valence-corrected chi connectivity index (χ1v) is 8.42. The minimum atomic E-state index is 0. The maximum Gasteiger partial charge on any atom is 0.191 e. The highest BCUT2D eigenvalue weighted by Crippen LogP contribution is 2.35. The van der Waals surface area contributed by atoms with Crippen LogP contribution in [0.1, 0.15) is 38.8 Å². The van der Waals surface area contributed by atoms with E-state index in [1.54, 1.807) is 7.11 Å². The summed E-state index contributed by atoms with van der Waals surface area (Å²) in [4.78, 5) is 4.67. The minimum Gasteiger partial charge on any atom is -0.496 e. The lowest BCUT2D eigenvalue weighted by Gasteiger charge is -2.14. The third-order valence-corrected chi connectivity index (χ3v) is 3.73. The van der Waals surface area contributed by atoms with Gasteiger partial charge in [0.15, 0.2) is 5.96 Å². The second kappa shape index (κ2) is 9.96. The first-order chi connectivity index (χ1) is 11.0. The van der Waals surface area contributed by atoms with Crippen LogP contribution in [-0.4, -0.2) is 32.3 Å². The van der Waals surface area contributed by atoms with Gasteiger partial charge < -0.3 is 20.1 Å². The van der Waals surface area contributed by atoms with Crippen LogP contribution in [0.3, 0.4) is 0 Å². The Balaban J connectivity index is 0.00000288. The van der Waals surface area contributed by atoms with Crippen LogP contribution in [0.25, 0.3) is 0 Å². The summed E-state index contributed by atoms with van der Waals surface area (Å²) in [5.74, 6) is 3.25. The molecule has 2 N–H and O–H groups in total. The van der Waals surface area contributed by atoms with Crippen molar-refractivity contribution in [3.63, 3.8) is 0 Å². The maximum atomic E-state index is 5.84. The number of rotatable bonds is 6. The predicted octanol–water partition coefficient (Wildman–Crippen LogP) is 3.35. The average Bonchev–Trinajstić information content (AvgIpc) is 2.87. The second-order valence-corrected chi connectivity index (χ2v) is 6.37. The molecular formula is C18H30IN3O2. The Labute approximate surface area is 162 Å². The van der Waals surface area contributed by atoms with E-state index in [0.717, 1.165) is 42.5 Å². The van der Waals surface area contributed by atoms with Crippen molar-refractivity contribution in [2.24, 2.45) is 10.9 Å². The Bertz CT molecular complexity index is 561.